The Kier molecular flexibility index (Phi) is 7.29. The summed E-state index contributed by atoms with van der Waals surface area (Å²) in [5, 5.41) is 2.70. The Morgan fingerprint density at radius 1 is 0.880 bits per heavy atom. The number of fused-ring (bicyclic) bond motifs is 1. The summed E-state index contributed by atoms with van der Waals surface area (Å²) in [6.07, 6.45) is 8.69. The van der Waals surface area contributed by atoms with E-state index in [1.807, 2.05) is 0 Å². The van der Waals surface area contributed by atoms with Crippen LogP contribution in [-0.4, -0.2) is 0 Å². The zero-order valence-corrected chi connectivity index (χ0v) is 17.0. The predicted octanol–water partition coefficient (Wildman–Crippen LogP) is 8.11. The number of hydrogen-bond donors (Lipinski definition) is 0. The van der Waals surface area contributed by atoms with Gasteiger partial charge in [0.15, 0.2) is 0 Å². The molecule has 0 nitrogen and oxygen atoms in total. The summed E-state index contributed by atoms with van der Waals surface area (Å²) in [7, 11) is 0. The summed E-state index contributed by atoms with van der Waals surface area (Å²) in [5.74, 6) is 0. The normalized spacial score (nSPS) is 13.2. The Morgan fingerprint density at radius 3 is 2.16 bits per heavy atom. The Balaban J connectivity index is 2.21. The van der Waals surface area contributed by atoms with E-state index in [1.165, 1.54) is 54.9 Å². The SMILES string of the molecule is CCCC(CC)(CC)C(CC)=C(C)CCc1ccc2ccccc2c1. The zero-order chi connectivity index (χ0) is 18.3. The Hall–Kier alpha value is -1.56. The maximum Gasteiger partial charge on any atom is -0.00909 e. The first-order valence-electron chi connectivity index (χ1n) is 10.3. The molecular formula is C25H36. The van der Waals surface area contributed by atoms with Crippen LogP contribution in [0.5, 0.6) is 0 Å². The van der Waals surface area contributed by atoms with Gasteiger partial charge in [-0.05, 0) is 67.2 Å². The van der Waals surface area contributed by atoms with Gasteiger partial charge in [-0.2, -0.15) is 0 Å². The average molecular weight is 337 g/mol. The molecule has 0 aliphatic carbocycles. The quantitative estimate of drug-likeness (QED) is 0.406. The highest BCUT2D eigenvalue weighted by Crippen LogP contribution is 2.43. The van der Waals surface area contributed by atoms with Crippen LogP contribution in [0, 0.1) is 5.41 Å². The average Bonchev–Trinajstić information content (AvgIpc) is 2.65. The molecule has 0 amide bonds. The van der Waals surface area contributed by atoms with Crippen LogP contribution in [0.1, 0.15) is 78.7 Å². The maximum atomic E-state index is 2.38. The third-order valence-electron chi connectivity index (χ3n) is 6.19. The van der Waals surface area contributed by atoms with Crippen LogP contribution in [0.2, 0.25) is 0 Å². The first-order valence-corrected chi connectivity index (χ1v) is 10.3. The van der Waals surface area contributed by atoms with Gasteiger partial charge in [-0.1, -0.05) is 87.7 Å². The molecule has 0 N–H and O–H groups in total. The molecule has 136 valence electrons. The molecule has 0 saturated carbocycles. The molecular weight excluding hydrogens is 300 g/mol. The van der Waals surface area contributed by atoms with E-state index < -0.39 is 0 Å². The molecule has 0 unspecified atom stereocenters. The van der Waals surface area contributed by atoms with Crippen LogP contribution < -0.4 is 0 Å². The molecule has 0 atom stereocenters. The van der Waals surface area contributed by atoms with Gasteiger partial charge in [-0.25, -0.2) is 0 Å². The van der Waals surface area contributed by atoms with Gasteiger partial charge in [0.25, 0.3) is 0 Å². The predicted molar refractivity (Wildman–Crippen MR) is 113 cm³/mol. The lowest BCUT2D eigenvalue weighted by Gasteiger charge is -2.36. The largest absolute Gasteiger partial charge is 0.0732 e. The highest BCUT2D eigenvalue weighted by Gasteiger charge is 2.29. The van der Waals surface area contributed by atoms with Crippen LogP contribution in [-0.2, 0) is 6.42 Å². The molecule has 0 bridgehead atoms. The topological polar surface area (TPSA) is 0 Å². The maximum absolute atomic E-state index is 2.38. The second kappa shape index (κ2) is 9.22. The highest BCUT2D eigenvalue weighted by molar-refractivity contribution is 5.82. The molecule has 0 aliphatic heterocycles. The lowest BCUT2D eigenvalue weighted by Crippen LogP contribution is -2.23. The lowest BCUT2D eigenvalue weighted by molar-refractivity contribution is 0.286. The smallest absolute Gasteiger partial charge is 0.00909 e. The van der Waals surface area contributed by atoms with E-state index in [0.717, 1.165) is 6.42 Å². The molecule has 0 heterocycles. The van der Waals surface area contributed by atoms with E-state index in [4.69, 9.17) is 0 Å². The summed E-state index contributed by atoms with van der Waals surface area (Å²) in [4.78, 5) is 0. The van der Waals surface area contributed by atoms with Crippen LogP contribution in [0.15, 0.2) is 53.6 Å². The molecule has 2 rings (SSSR count). The first kappa shape index (κ1) is 19.8. The van der Waals surface area contributed by atoms with Gasteiger partial charge in [-0.3, -0.25) is 0 Å². The molecule has 0 fully saturated rings. The standard InChI is InChI=1S/C25H36/c1-6-18-25(8-3,9-4)24(7-2)20(5)14-15-21-16-17-22-12-10-11-13-23(22)19-21/h10-13,16-17,19H,6-9,14-15,18H2,1-5H3. The van der Waals surface area contributed by atoms with Crippen LogP contribution >= 0.6 is 0 Å². The van der Waals surface area contributed by atoms with E-state index in [0.29, 0.717) is 5.41 Å². The van der Waals surface area contributed by atoms with Gasteiger partial charge < -0.3 is 0 Å². The molecule has 2 aromatic carbocycles. The van der Waals surface area contributed by atoms with Gasteiger partial charge in [0, 0.05) is 0 Å². The van der Waals surface area contributed by atoms with E-state index in [1.54, 1.807) is 11.1 Å². The van der Waals surface area contributed by atoms with Gasteiger partial charge in [0.1, 0.15) is 0 Å². The fourth-order valence-electron chi connectivity index (χ4n) is 4.67. The summed E-state index contributed by atoms with van der Waals surface area (Å²) in [6.45, 7) is 11.8. The second-order valence-electron chi connectivity index (χ2n) is 7.53. The molecule has 25 heavy (non-hydrogen) atoms. The number of hydrogen-bond acceptors (Lipinski definition) is 0. The van der Waals surface area contributed by atoms with Crippen molar-refractivity contribution in [1.29, 1.82) is 0 Å². The van der Waals surface area contributed by atoms with Gasteiger partial charge in [0.05, 0.1) is 0 Å². The van der Waals surface area contributed by atoms with Crippen molar-refractivity contribution in [3.8, 4) is 0 Å². The Morgan fingerprint density at radius 2 is 1.56 bits per heavy atom. The summed E-state index contributed by atoms with van der Waals surface area (Å²) >= 11 is 0. The monoisotopic (exact) mass is 336 g/mol. The van der Waals surface area contributed by atoms with E-state index in [9.17, 15) is 0 Å². The second-order valence-corrected chi connectivity index (χ2v) is 7.53. The van der Waals surface area contributed by atoms with Crippen molar-refractivity contribution >= 4 is 10.8 Å². The van der Waals surface area contributed by atoms with E-state index in [2.05, 4.69) is 77.1 Å². The van der Waals surface area contributed by atoms with Crippen molar-refractivity contribution in [2.75, 3.05) is 0 Å². The van der Waals surface area contributed by atoms with Crippen molar-refractivity contribution in [3.05, 3.63) is 59.2 Å². The third kappa shape index (κ3) is 4.54. The van der Waals surface area contributed by atoms with Crippen molar-refractivity contribution in [1.82, 2.24) is 0 Å². The molecule has 0 saturated heterocycles. The summed E-state index contributed by atoms with van der Waals surface area (Å²) in [5.41, 5.74) is 5.26. The lowest BCUT2D eigenvalue weighted by atomic mass is 9.69. The minimum atomic E-state index is 0.428. The van der Waals surface area contributed by atoms with Gasteiger partial charge in [-0.15, -0.1) is 0 Å². The Labute approximate surface area is 155 Å². The molecule has 0 heteroatoms. The third-order valence-corrected chi connectivity index (χ3v) is 6.19. The summed E-state index contributed by atoms with van der Waals surface area (Å²) in [6, 6.07) is 15.6. The van der Waals surface area contributed by atoms with Crippen molar-refractivity contribution in [2.24, 2.45) is 5.41 Å². The van der Waals surface area contributed by atoms with E-state index >= 15 is 0 Å². The minimum Gasteiger partial charge on any atom is -0.0732 e. The van der Waals surface area contributed by atoms with Gasteiger partial charge >= 0.3 is 0 Å². The number of benzene rings is 2. The number of rotatable bonds is 9. The first-order chi connectivity index (χ1) is 12.1. The fraction of sp³-hybridized carbons (Fsp3) is 0.520. The fourth-order valence-corrected chi connectivity index (χ4v) is 4.67. The molecule has 2 aromatic rings. The minimum absolute atomic E-state index is 0.428. The highest BCUT2D eigenvalue weighted by atomic mass is 14.3. The molecule has 0 radical (unpaired) electrons. The van der Waals surface area contributed by atoms with Crippen LogP contribution in [0.25, 0.3) is 10.8 Å². The van der Waals surface area contributed by atoms with Crippen molar-refractivity contribution < 1.29 is 0 Å². The molecule has 0 aliphatic rings. The van der Waals surface area contributed by atoms with Crippen LogP contribution in [0.4, 0.5) is 0 Å². The van der Waals surface area contributed by atoms with E-state index in [-0.39, 0.29) is 0 Å². The molecule has 0 aromatic heterocycles. The van der Waals surface area contributed by atoms with Crippen molar-refractivity contribution in [3.63, 3.8) is 0 Å². The Bertz CT molecular complexity index is 701. The number of allylic oxidation sites excluding steroid dienone is 2. The zero-order valence-electron chi connectivity index (χ0n) is 17.0. The van der Waals surface area contributed by atoms with Crippen LogP contribution in [0.3, 0.4) is 0 Å². The van der Waals surface area contributed by atoms with Crippen molar-refractivity contribution in [2.45, 2.75) is 79.6 Å². The summed E-state index contributed by atoms with van der Waals surface area (Å²) < 4.78 is 0. The molecule has 0 spiro atoms. The van der Waals surface area contributed by atoms with Gasteiger partial charge in [0.2, 0.25) is 0 Å². The number of aryl methyl sites for hydroxylation is 1.